The fourth-order valence-electron chi connectivity index (χ4n) is 2.12. The molecule has 1 aliphatic heterocycles. The molecule has 0 aliphatic carbocycles. The average molecular weight is 368 g/mol. The van der Waals surface area contributed by atoms with Gasteiger partial charge in [0.1, 0.15) is 0 Å². The van der Waals surface area contributed by atoms with Gasteiger partial charge in [0.2, 0.25) is 0 Å². The van der Waals surface area contributed by atoms with E-state index < -0.39 is 0 Å². The summed E-state index contributed by atoms with van der Waals surface area (Å²) >= 11 is 9.48. The van der Waals surface area contributed by atoms with Gasteiger partial charge in [-0.3, -0.25) is 4.79 Å². The quantitative estimate of drug-likeness (QED) is 0.825. The van der Waals surface area contributed by atoms with Gasteiger partial charge in [0.15, 0.2) is 0 Å². The van der Waals surface area contributed by atoms with Crippen molar-refractivity contribution in [3.8, 4) is 0 Å². The van der Waals surface area contributed by atoms with Gasteiger partial charge in [0, 0.05) is 29.6 Å². The van der Waals surface area contributed by atoms with E-state index in [1.54, 1.807) is 12.1 Å². The molecule has 0 radical (unpaired) electrons. The van der Waals surface area contributed by atoms with Crippen molar-refractivity contribution in [1.82, 2.24) is 10.2 Å². The number of benzene rings is 1. The molecule has 1 aromatic rings. The summed E-state index contributed by atoms with van der Waals surface area (Å²) < 4.78 is 0.867. The standard InChI is InChI=1S/C13H16BrClN2O.ClH/c1-8-7-17(9(2)6-16-8)13(18)11-5-10(14)3-4-12(11)15;/h3-5,8-9,16H,6-7H2,1-2H3;1H. The average Bonchev–Trinajstić information content (AvgIpc) is 2.34. The Morgan fingerprint density at radius 1 is 1.47 bits per heavy atom. The van der Waals surface area contributed by atoms with E-state index in [4.69, 9.17) is 11.6 Å². The molecule has 1 heterocycles. The number of piperazine rings is 1. The number of carbonyl (C=O) groups is 1. The molecule has 1 aromatic carbocycles. The third-order valence-electron chi connectivity index (χ3n) is 3.18. The van der Waals surface area contributed by atoms with Crippen LogP contribution in [0.3, 0.4) is 0 Å². The van der Waals surface area contributed by atoms with Crippen LogP contribution >= 0.6 is 39.9 Å². The molecule has 1 amide bonds. The van der Waals surface area contributed by atoms with Gasteiger partial charge in [-0.2, -0.15) is 0 Å². The van der Waals surface area contributed by atoms with Crippen LogP contribution in [0.25, 0.3) is 0 Å². The van der Waals surface area contributed by atoms with E-state index >= 15 is 0 Å². The van der Waals surface area contributed by atoms with Crippen LogP contribution in [-0.2, 0) is 0 Å². The van der Waals surface area contributed by atoms with E-state index in [1.165, 1.54) is 0 Å². The molecule has 19 heavy (non-hydrogen) atoms. The summed E-state index contributed by atoms with van der Waals surface area (Å²) in [6, 6.07) is 5.86. The highest BCUT2D eigenvalue weighted by molar-refractivity contribution is 9.10. The van der Waals surface area contributed by atoms with Gasteiger partial charge >= 0.3 is 0 Å². The lowest BCUT2D eigenvalue weighted by molar-refractivity contribution is 0.0616. The molecular formula is C13H17BrCl2N2O. The molecule has 6 heteroatoms. The van der Waals surface area contributed by atoms with Crippen molar-refractivity contribution in [2.24, 2.45) is 0 Å². The Labute approximate surface area is 133 Å². The zero-order valence-electron chi connectivity index (χ0n) is 10.8. The summed E-state index contributed by atoms with van der Waals surface area (Å²) in [5, 5.41) is 3.86. The maximum absolute atomic E-state index is 12.5. The summed E-state index contributed by atoms with van der Waals surface area (Å²) in [4.78, 5) is 14.4. The van der Waals surface area contributed by atoms with Gasteiger partial charge in [0.05, 0.1) is 10.6 Å². The first-order chi connectivity index (χ1) is 8.49. The Balaban J connectivity index is 0.00000180. The van der Waals surface area contributed by atoms with Crippen molar-refractivity contribution in [2.75, 3.05) is 13.1 Å². The highest BCUT2D eigenvalue weighted by atomic mass is 79.9. The Bertz CT molecular complexity index is 470. The number of nitrogens with one attached hydrogen (secondary N) is 1. The molecule has 2 rings (SSSR count). The molecule has 0 spiro atoms. The number of nitrogens with zero attached hydrogens (tertiary/aromatic N) is 1. The van der Waals surface area contributed by atoms with Crippen molar-refractivity contribution >= 4 is 45.8 Å². The number of halogens is 3. The largest absolute Gasteiger partial charge is 0.333 e. The first-order valence-electron chi connectivity index (χ1n) is 5.98. The second kappa shape index (κ2) is 6.93. The lowest BCUT2D eigenvalue weighted by Crippen LogP contribution is -2.56. The summed E-state index contributed by atoms with van der Waals surface area (Å²) in [6.07, 6.45) is 0. The van der Waals surface area contributed by atoms with E-state index in [2.05, 4.69) is 28.2 Å². The smallest absolute Gasteiger partial charge is 0.255 e. The lowest BCUT2D eigenvalue weighted by atomic mass is 10.1. The Kier molecular flexibility index (Phi) is 6.12. The van der Waals surface area contributed by atoms with Crippen LogP contribution in [0.1, 0.15) is 24.2 Å². The Morgan fingerprint density at radius 3 is 2.84 bits per heavy atom. The molecule has 1 aliphatic rings. The van der Waals surface area contributed by atoms with Crippen LogP contribution in [0.5, 0.6) is 0 Å². The van der Waals surface area contributed by atoms with Gasteiger partial charge < -0.3 is 10.2 Å². The number of amides is 1. The summed E-state index contributed by atoms with van der Waals surface area (Å²) in [5.41, 5.74) is 0.562. The minimum atomic E-state index is 0. The molecule has 106 valence electrons. The third kappa shape index (κ3) is 3.85. The van der Waals surface area contributed by atoms with E-state index in [1.807, 2.05) is 17.9 Å². The Morgan fingerprint density at radius 2 is 2.16 bits per heavy atom. The van der Waals surface area contributed by atoms with Gasteiger partial charge in [-0.05, 0) is 32.0 Å². The van der Waals surface area contributed by atoms with Crippen LogP contribution in [0.2, 0.25) is 5.02 Å². The van der Waals surface area contributed by atoms with Crippen LogP contribution in [0.15, 0.2) is 22.7 Å². The first-order valence-corrected chi connectivity index (χ1v) is 7.15. The third-order valence-corrected chi connectivity index (χ3v) is 4.01. The minimum Gasteiger partial charge on any atom is -0.333 e. The lowest BCUT2D eigenvalue weighted by Gasteiger charge is -2.37. The minimum absolute atomic E-state index is 0. The van der Waals surface area contributed by atoms with Gasteiger partial charge in [0.25, 0.3) is 5.91 Å². The van der Waals surface area contributed by atoms with Crippen LogP contribution in [0.4, 0.5) is 0 Å². The molecule has 0 bridgehead atoms. The number of carbonyl (C=O) groups excluding carboxylic acids is 1. The van der Waals surface area contributed by atoms with E-state index in [0.29, 0.717) is 23.2 Å². The molecule has 1 saturated heterocycles. The first kappa shape index (κ1) is 16.8. The number of rotatable bonds is 1. The summed E-state index contributed by atoms with van der Waals surface area (Å²) in [7, 11) is 0. The molecule has 0 saturated carbocycles. The molecule has 0 aromatic heterocycles. The molecular weight excluding hydrogens is 351 g/mol. The SMILES string of the molecule is CC1CN(C(=O)c2cc(Br)ccc2Cl)C(C)CN1.Cl. The number of hydrogen-bond acceptors (Lipinski definition) is 2. The topological polar surface area (TPSA) is 32.3 Å². The zero-order chi connectivity index (χ0) is 13.3. The predicted molar refractivity (Wildman–Crippen MR) is 84.4 cm³/mol. The molecule has 1 fully saturated rings. The fraction of sp³-hybridized carbons (Fsp3) is 0.462. The highest BCUT2D eigenvalue weighted by Gasteiger charge is 2.28. The molecule has 2 atom stereocenters. The number of hydrogen-bond donors (Lipinski definition) is 1. The van der Waals surface area contributed by atoms with Crippen LogP contribution in [0, 0.1) is 0 Å². The summed E-state index contributed by atoms with van der Waals surface area (Å²) in [5.74, 6) is 0.00199. The van der Waals surface area contributed by atoms with Gasteiger partial charge in [-0.25, -0.2) is 0 Å². The second-order valence-electron chi connectivity index (χ2n) is 4.74. The van der Waals surface area contributed by atoms with Crippen molar-refractivity contribution in [1.29, 1.82) is 0 Å². The van der Waals surface area contributed by atoms with E-state index in [0.717, 1.165) is 11.0 Å². The van der Waals surface area contributed by atoms with Crippen molar-refractivity contribution in [3.63, 3.8) is 0 Å². The van der Waals surface area contributed by atoms with E-state index in [-0.39, 0.29) is 24.4 Å². The molecule has 2 unspecified atom stereocenters. The summed E-state index contributed by atoms with van der Waals surface area (Å²) in [6.45, 7) is 5.65. The van der Waals surface area contributed by atoms with Crippen molar-refractivity contribution < 1.29 is 4.79 Å². The zero-order valence-corrected chi connectivity index (χ0v) is 14.0. The Hall–Kier alpha value is -0.290. The normalized spacial score (nSPS) is 22.8. The maximum atomic E-state index is 12.5. The van der Waals surface area contributed by atoms with E-state index in [9.17, 15) is 4.79 Å². The van der Waals surface area contributed by atoms with Crippen LogP contribution < -0.4 is 5.32 Å². The van der Waals surface area contributed by atoms with Gasteiger partial charge in [-0.15, -0.1) is 12.4 Å². The second-order valence-corrected chi connectivity index (χ2v) is 6.06. The molecule has 3 nitrogen and oxygen atoms in total. The molecule has 1 N–H and O–H groups in total. The van der Waals surface area contributed by atoms with Crippen LogP contribution in [-0.4, -0.2) is 36.0 Å². The van der Waals surface area contributed by atoms with Crippen molar-refractivity contribution in [3.05, 3.63) is 33.3 Å². The van der Waals surface area contributed by atoms with Gasteiger partial charge in [-0.1, -0.05) is 27.5 Å². The predicted octanol–water partition coefficient (Wildman–Crippen LogP) is 3.35. The maximum Gasteiger partial charge on any atom is 0.255 e. The van der Waals surface area contributed by atoms with Crippen molar-refractivity contribution in [2.45, 2.75) is 25.9 Å². The monoisotopic (exact) mass is 366 g/mol. The highest BCUT2D eigenvalue weighted by Crippen LogP contribution is 2.23. The fourth-order valence-corrected chi connectivity index (χ4v) is 2.68.